The Hall–Kier alpha value is -6.39. The summed E-state index contributed by atoms with van der Waals surface area (Å²) in [5, 5.41) is 11.6. The van der Waals surface area contributed by atoms with Gasteiger partial charge in [0.2, 0.25) is 5.88 Å². The molecule has 0 unspecified atom stereocenters. The molecule has 0 N–H and O–H groups in total. The van der Waals surface area contributed by atoms with Gasteiger partial charge in [0.15, 0.2) is 5.69 Å². The van der Waals surface area contributed by atoms with Gasteiger partial charge in [-0.1, -0.05) is 106 Å². The normalized spacial score (nSPS) is 11.3. The van der Waals surface area contributed by atoms with E-state index in [1.54, 1.807) is 11.6 Å². The topological polar surface area (TPSA) is 96.9 Å². The first kappa shape index (κ1) is 38.9. The lowest BCUT2D eigenvalue weighted by molar-refractivity contribution is 0.0519. The fraction of sp³-hybridized carbons (Fsp3) is 0.213. The molecule has 0 spiro atoms. The van der Waals surface area contributed by atoms with E-state index < -0.39 is 14.3 Å². The van der Waals surface area contributed by atoms with Crippen molar-refractivity contribution in [2.75, 3.05) is 6.61 Å². The Morgan fingerprint density at radius 2 is 1.07 bits per heavy atom. The van der Waals surface area contributed by atoms with Crippen LogP contribution < -0.4 is 4.43 Å². The van der Waals surface area contributed by atoms with E-state index in [1.807, 2.05) is 116 Å². The minimum atomic E-state index is -1.92. The molecular formula is C47H48N6O3Si. The molecule has 8 aromatic rings. The molecule has 57 heavy (non-hydrogen) atoms. The van der Waals surface area contributed by atoms with Crippen LogP contribution in [0.25, 0.3) is 55.7 Å². The van der Waals surface area contributed by atoms with Gasteiger partial charge in [-0.2, -0.15) is 10.2 Å². The van der Waals surface area contributed by atoms with E-state index in [4.69, 9.17) is 24.2 Å². The van der Waals surface area contributed by atoms with E-state index >= 15 is 0 Å². The number of ether oxygens (including phenoxy) is 1. The van der Waals surface area contributed by atoms with Crippen LogP contribution in [-0.2, 0) is 4.74 Å². The van der Waals surface area contributed by atoms with E-state index in [0.29, 0.717) is 17.9 Å². The number of pyridine rings is 2. The molecular weight excluding hydrogens is 725 g/mol. The molecule has 0 fully saturated rings. The van der Waals surface area contributed by atoms with Crippen LogP contribution in [0.2, 0.25) is 18.1 Å². The van der Waals surface area contributed by atoms with E-state index in [2.05, 4.69) is 62.3 Å². The van der Waals surface area contributed by atoms with Crippen molar-refractivity contribution in [2.45, 2.75) is 59.7 Å². The number of aromatic nitrogens is 6. The van der Waals surface area contributed by atoms with Gasteiger partial charge in [0.1, 0.15) is 0 Å². The maximum absolute atomic E-state index is 12.6. The Bertz CT molecular complexity index is 2630. The highest BCUT2D eigenvalue weighted by Gasteiger charge is 2.34. The van der Waals surface area contributed by atoms with Crippen LogP contribution in [0.1, 0.15) is 49.6 Å². The van der Waals surface area contributed by atoms with Crippen LogP contribution in [0.4, 0.5) is 0 Å². The zero-order chi connectivity index (χ0) is 39.9. The number of carbonyl (C=O) groups excluding carboxylic acids is 1. The second-order valence-corrected chi connectivity index (χ2v) is 18.6. The summed E-state index contributed by atoms with van der Waals surface area (Å²) >= 11 is 0. The van der Waals surface area contributed by atoms with Crippen molar-refractivity contribution in [1.29, 1.82) is 0 Å². The van der Waals surface area contributed by atoms with Crippen LogP contribution in [0.3, 0.4) is 0 Å². The summed E-state index contributed by atoms with van der Waals surface area (Å²) in [6.07, 6.45) is 0. The van der Waals surface area contributed by atoms with Gasteiger partial charge in [-0.15, -0.1) is 0 Å². The minimum Gasteiger partial charge on any atom is -0.530 e. The van der Waals surface area contributed by atoms with Gasteiger partial charge in [0.05, 0.1) is 62.9 Å². The van der Waals surface area contributed by atoms with Gasteiger partial charge in [-0.3, -0.25) is 0 Å². The molecule has 4 aromatic heterocycles. The Kier molecular flexibility index (Phi) is 11.7. The largest absolute Gasteiger partial charge is 0.530 e. The second-order valence-electron chi connectivity index (χ2n) is 13.9. The summed E-state index contributed by atoms with van der Waals surface area (Å²) in [5.41, 5.74) is 9.11. The molecule has 0 saturated heterocycles. The molecule has 0 atom stereocenters. The predicted octanol–water partition coefficient (Wildman–Crippen LogP) is 11.4. The average molecular weight is 773 g/mol. The number of hydrogen-bond donors (Lipinski definition) is 0. The van der Waals surface area contributed by atoms with E-state index in [1.165, 1.54) is 0 Å². The number of nitrogens with zero attached hydrogens (tertiary/aromatic N) is 6. The summed E-state index contributed by atoms with van der Waals surface area (Å²) in [5.74, 6) is 0.388. The van der Waals surface area contributed by atoms with Crippen molar-refractivity contribution in [2.24, 2.45) is 0 Å². The highest BCUT2D eigenvalue weighted by Crippen LogP contribution is 2.38. The predicted molar refractivity (Wildman–Crippen MR) is 232 cm³/mol. The van der Waals surface area contributed by atoms with E-state index in [0.717, 1.165) is 79.8 Å². The molecule has 0 saturated carbocycles. The van der Waals surface area contributed by atoms with Gasteiger partial charge in [0.25, 0.3) is 8.32 Å². The highest BCUT2D eigenvalue weighted by molar-refractivity contribution is 6.74. The number of aryl methyl sites for hydroxylation is 1. The Morgan fingerprint density at radius 3 is 1.60 bits per heavy atom. The summed E-state index contributed by atoms with van der Waals surface area (Å²) in [6, 6.07) is 47.4. The van der Waals surface area contributed by atoms with Gasteiger partial charge in [0, 0.05) is 10.8 Å². The van der Waals surface area contributed by atoms with Crippen molar-refractivity contribution in [1.82, 2.24) is 29.5 Å². The van der Waals surface area contributed by atoms with E-state index in [9.17, 15) is 4.79 Å². The van der Waals surface area contributed by atoms with Crippen LogP contribution in [0.15, 0.2) is 133 Å². The Morgan fingerprint density at radius 1 is 0.579 bits per heavy atom. The van der Waals surface area contributed by atoms with Crippen LogP contribution in [0, 0.1) is 13.8 Å². The first-order valence-corrected chi connectivity index (χ1v) is 22.2. The number of esters is 1. The fourth-order valence-corrected chi connectivity index (χ4v) is 9.73. The molecule has 288 valence electrons. The number of hydrogen-bond acceptors (Lipinski definition) is 7. The number of benzene rings is 4. The fourth-order valence-electron chi connectivity index (χ4n) is 7.19. The molecule has 0 radical (unpaired) electrons. The number of para-hydroxylation sites is 4. The standard InChI is InChI=1S/C25H29N3OSi.C22H19N3O2/c1-5-30(6-2,7-3)29-25-24(19(4)27-28(25)21-14-9-8-10-15-21)23-18-17-20-13-11-12-16-22(20)26-23;1-3-27-22(26)21-20(15(2)25(24-21)17-10-5-4-6-11-17)19-14-13-16-9-7-8-12-18(16)23-19/h8-18H,5-7H2,1-4H3;4-14H,3H2,1-2H3. The zero-order valence-corrected chi connectivity index (χ0v) is 34.4. The molecule has 0 aliphatic heterocycles. The molecule has 0 bridgehead atoms. The molecule has 0 aliphatic carbocycles. The number of rotatable bonds is 11. The molecule has 0 aliphatic rings. The van der Waals surface area contributed by atoms with Crippen molar-refractivity contribution < 1.29 is 14.0 Å². The molecule has 9 nitrogen and oxygen atoms in total. The third-order valence-electron chi connectivity index (χ3n) is 10.6. The second kappa shape index (κ2) is 17.2. The third-order valence-corrected chi connectivity index (χ3v) is 15.1. The van der Waals surface area contributed by atoms with Gasteiger partial charge < -0.3 is 9.16 Å². The quantitative estimate of drug-likeness (QED) is 0.0953. The Labute approximate surface area is 335 Å². The average Bonchev–Trinajstić information content (AvgIpc) is 3.78. The first-order chi connectivity index (χ1) is 27.8. The SMILES string of the molecule is CCOC(=O)c1nn(-c2ccccc2)c(C)c1-c1ccc2ccccc2n1.CC[Si](CC)(CC)Oc1c(-c2ccc3ccccc3n2)c(C)nn1-c1ccccc1. The highest BCUT2D eigenvalue weighted by atomic mass is 28.4. The number of fused-ring (bicyclic) bond motifs is 2. The zero-order valence-electron chi connectivity index (χ0n) is 33.4. The summed E-state index contributed by atoms with van der Waals surface area (Å²) in [6.45, 7) is 12.8. The van der Waals surface area contributed by atoms with Crippen molar-refractivity contribution in [3.8, 4) is 39.8 Å². The van der Waals surface area contributed by atoms with Gasteiger partial charge in [-0.25, -0.2) is 24.1 Å². The smallest absolute Gasteiger partial charge is 0.359 e. The first-order valence-electron chi connectivity index (χ1n) is 19.7. The minimum absolute atomic E-state index is 0.279. The lowest BCUT2D eigenvalue weighted by Crippen LogP contribution is -2.40. The van der Waals surface area contributed by atoms with Crippen LogP contribution in [-0.4, -0.2) is 50.4 Å². The lowest BCUT2D eigenvalue weighted by Gasteiger charge is -2.29. The summed E-state index contributed by atoms with van der Waals surface area (Å²) in [7, 11) is -1.92. The van der Waals surface area contributed by atoms with Crippen LogP contribution in [0.5, 0.6) is 5.88 Å². The molecule has 4 aromatic carbocycles. The molecule has 8 rings (SSSR count). The number of carbonyl (C=O) groups is 1. The van der Waals surface area contributed by atoms with Crippen molar-refractivity contribution in [3.63, 3.8) is 0 Å². The molecule has 4 heterocycles. The maximum Gasteiger partial charge on any atom is 0.359 e. The lowest BCUT2D eigenvalue weighted by atomic mass is 10.1. The third kappa shape index (κ3) is 7.99. The maximum atomic E-state index is 12.6. The molecule has 0 amide bonds. The van der Waals surface area contributed by atoms with Gasteiger partial charge in [-0.05, 0) is 87.4 Å². The molecule has 10 heteroatoms. The summed E-state index contributed by atoms with van der Waals surface area (Å²) < 4.78 is 15.9. The van der Waals surface area contributed by atoms with Crippen LogP contribution >= 0.6 is 0 Å². The van der Waals surface area contributed by atoms with Crippen molar-refractivity contribution in [3.05, 3.63) is 151 Å². The van der Waals surface area contributed by atoms with Crippen molar-refractivity contribution >= 4 is 36.1 Å². The monoisotopic (exact) mass is 772 g/mol. The van der Waals surface area contributed by atoms with E-state index in [-0.39, 0.29) is 5.69 Å². The Balaban J connectivity index is 0.000000175. The summed E-state index contributed by atoms with van der Waals surface area (Å²) in [4.78, 5) is 22.3. The van der Waals surface area contributed by atoms with Gasteiger partial charge >= 0.3 is 5.97 Å².